The van der Waals surface area contributed by atoms with Crippen LogP contribution in [-0.2, 0) is 20.9 Å². The second kappa shape index (κ2) is 7.98. The zero-order valence-electron chi connectivity index (χ0n) is 11.8. The van der Waals surface area contributed by atoms with Crippen molar-refractivity contribution in [3.63, 3.8) is 0 Å². The number of carbonyl (C=O) groups is 2. The minimum absolute atomic E-state index is 0.160. The molecule has 0 aliphatic carbocycles. The van der Waals surface area contributed by atoms with Gasteiger partial charge >= 0.3 is 11.8 Å². The van der Waals surface area contributed by atoms with Gasteiger partial charge in [0.1, 0.15) is 11.9 Å². The van der Waals surface area contributed by atoms with Crippen molar-refractivity contribution in [2.24, 2.45) is 0 Å². The lowest BCUT2D eigenvalue weighted by Gasteiger charge is -2.14. The highest BCUT2D eigenvalue weighted by molar-refractivity contribution is 7.16. The van der Waals surface area contributed by atoms with Crippen molar-refractivity contribution in [1.82, 2.24) is 10.6 Å². The number of nitrogens with one attached hydrogen (secondary N) is 2. The summed E-state index contributed by atoms with van der Waals surface area (Å²) in [6.45, 7) is 0.341. The fourth-order valence-electron chi connectivity index (χ4n) is 1.73. The molecule has 22 heavy (non-hydrogen) atoms. The van der Waals surface area contributed by atoms with Gasteiger partial charge < -0.3 is 19.8 Å². The molecule has 0 radical (unpaired) electrons. The standard InChI is InChI=1S/C14H15ClN2O4S/c1-20-10(11-4-5-12(15)22-11)8-17-14(19)13(18)16-7-9-3-2-6-21-9/h2-6,10H,7-8H2,1H3,(H,16,18)(H,17,19). The van der Waals surface area contributed by atoms with Crippen LogP contribution in [0.25, 0.3) is 0 Å². The van der Waals surface area contributed by atoms with Crippen LogP contribution in [0, 0.1) is 0 Å². The van der Waals surface area contributed by atoms with Crippen LogP contribution in [0.4, 0.5) is 0 Å². The van der Waals surface area contributed by atoms with Gasteiger partial charge in [0.2, 0.25) is 0 Å². The lowest BCUT2D eigenvalue weighted by Crippen LogP contribution is -2.41. The molecule has 6 nitrogen and oxygen atoms in total. The first-order valence-electron chi connectivity index (χ1n) is 6.46. The summed E-state index contributed by atoms with van der Waals surface area (Å²) in [5, 5.41) is 4.99. The lowest BCUT2D eigenvalue weighted by atomic mass is 10.3. The van der Waals surface area contributed by atoms with Crippen molar-refractivity contribution >= 4 is 34.8 Å². The maximum Gasteiger partial charge on any atom is 0.309 e. The second-order valence-corrected chi connectivity index (χ2v) is 6.08. The van der Waals surface area contributed by atoms with Crippen LogP contribution in [0.3, 0.4) is 0 Å². The number of carbonyl (C=O) groups excluding carboxylic acids is 2. The number of amides is 2. The highest BCUT2D eigenvalue weighted by Crippen LogP contribution is 2.28. The van der Waals surface area contributed by atoms with Crippen LogP contribution in [0.15, 0.2) is 34.9 Å². The number of hydrogen-bond donors (Lipinski definition) is 2. The van der Waals surface area contributed by atoms with E-state index in [1.54, 1.807) is 18.2 Å². The maximum atomic E-state index is 11.7. The molecule has 2 N–H and O–H groups in total. The normalized spacial score (nSPS) is 11.9. The molecule has 0 spiro atoms. The van der Waals surface area contributed by atoms with Crippen LogP contribution in [0.5, 0.6) is 0 Å². The minimum atomic E-state index is -0.726. The summed E-state index contributed by atoms with van der Waals surface area (Å²) in [6.07, 6.45) is 1.15. The average molecular weight is 343 g/mol. The van der Waals surface area contributed by atoms with Gasteiger partial charge in [0.25, 0.3) is 0 Å². The molecule has 2 amide bonds. The molecule has 2 rings (SSSR count). The summed E-state index contributed by atoms with van der Waals surface area (Å²) in [4.78, 5) is 24.3. The molecule has 0 bridgehead atoms. The van der Waals surface area contributed by atoms with Crippen molar-refractivity contribution < 1.29 is 18.7 Å². The Morgan fingerprint density at radius 2 is 2.09 bits per heavy atom. The third-order valence-corrected chi connectivity index (χ3v) is 4.18. The molecule has 0 aromatic carbocycles. The largest absolute Gasteiger partial charge is 0.467 e. The Kier molecular flexibility index (Phi) is 6.00. The first kappa shape index (κ1) is 16.5. The van der Waals surface area contributed by atoms with Gasteiger partial charge in [0.05, 0.1) is 17.1 Å². The average Bonchev–Trinajstić information content (AvgIpc) is 3.17. The fourth-order valence-corrected chi connectivity index (χ4v) is 2.87. The van der Waals surface area contributed by atoms with Crippen molar-refractivity contribution in [3.8, 4) is 0 Å². The van der Waals surface area contributed by atoms with Gasteiger partial charge in [-0.25, -0.2) is 0 Å². The van der Waals surface area contributed by atoms with Crippen molar-refractivity contribution in [2.45, 2.75) is 12.6 Å². The first-order chi connectivity index (χ1) is 10.6. The molecule has 118 valence electrons. The summed E-state index contributed by atoms with van der Waals surface area (Å²) >= 11 is 7.23. The molecule has 8 heteroatoms. The van der Waals surface area contributed by atoms with Gasteiger partial charge in [-0.05, 0) is 24.3 Å². The third-order valence-electron chi connectivity index (χ3n) is 2.85. The van der Waals surface area contributed by atoms with Gasteiger partial charge in [-0.15, -0.1) is 11.3 Å². The van der Waals surface area contributed by atoms with Crippen molar-refractivity contribution in [2.75, 3.05) is 13.7 Å². The number of ether oxygens (including phenoxy) is 1. The predicted octanol–water partition coefficient (Wildman–Crippen LogP) is 2.11. The van der Waals surface area contributed by atoms with E-state index in [0.29, 0.717) is 10.1 Å². The number of halogens is 1. The zero-order chi connectivity index (χ0) is 15.9. The Labute approximate surface area is 136 Å². The van der Waals surface area contributed by atoms with Gasteiger partial charge in [-0.2, -0.15) is 0 Å². The Balaban J connectivity index is 1.79. The SMILES string of the molecule is COC(CNC(=O)C(=O)NCc1ccco1)c1ccc(Cl)s1. The zero-order valence-corrected chi connectivity index (χ0v) is 13.4. The molecule has 0 aliphatic rings. The summed E-state index contributed by atoms with van der Waals surface area (Å²) in [5.74, 6) is -0.879. The van der Waals surface area contributed by atoms with Gasteiger partial charge in [-0.1, -0.05) is 11.6 Å². The van der Waals surface area contributed by atoms with E-state index in [1.165, 1.54) is 24.7 Å². The van der Waals surface area contributed by atoms with Crippen LogP contribution in [0.2, 0.25) is 4.34 Å². The topological polar surface area (TPSA) is 80.6 Å². The smallest absolute Gasteiger partial charge is 0.309 e. The Morgan fingerprint density at radius 1 is 1.32 bits per heavy atom. The van der Waals surface area contributed by atoms with Gasteiger partial charge in [0, 0.05) is 18.5 Å². The van der Waals surface area contributed by atoms with E-state index in [-0.39, 0.29) is 19.2 Å². The first-order valence-corrected chi connectivity index (χ1v) is 7.66. The van der Waals surface area contributed by atoms with E-state index in [4.69, 9.17) is 20.8 Å². The number of hydrogen-bond acceptors (Lipinski definition) is 5. The molecule has 0 saturated carbocycles. The van der Waals surface area contributed by atoms with Crippen LogP contribution in [-0.4, -0.2) is 25.5 Å². The van der Waals surface area contributed by atoms with Gasteiger partial charge in [0.15, 0.2) is 0 Å². The van der Waals surface area contributed by atoms with E-state index in [2.05, 4.69) is 10.6 Å². The molecule has 2 aromatic heterocycles. The van der Waals surface area contributed by atoms with Crippen LogP contribution in [0.1, 0.15) is 16.7 Å². The Bertz CT molecular complexity index is 627. The molecule has 0 aliphatic heterocycles. The predicted molar refractivity (Wildman–Crippen MR) is 82.6 cm³/mol. The molecule has 2 aromatic rings. The fraction of sp³-hybridized carbons (Fsp3) is 0.286. The van der Waals surface area contributed by atoms with Gasteiger partial charge in [-0.3, -0.25) is 9.59 Å². The van der Waals surface area contributed by atoms with E-state index in [0.717, 1.165) is 4.88 Å². The van der Waals surface area contributed by atoms with E-state index < -0.39 is 11.8 Å². The van der Waals surface area contributed by atoms with E-state index >= 15 is 0 Å². The number of rotatable bonds is 6. The molecular formula is C14H15ClN2O4S. The summed E-state index contributed by atoms with van der Waals surface area (Å²) in [7, 11) is 1.53. The third kappa shape index (κ3) is 4.59. The van der Waals surface area contributed by atoms with Crippen molar-refractivity contribution in [1.29, 1.82) is 0 Å². The van der Waals surface area contributed by atoms with Crippen LogP contribution < -0.4 is 10.6 Å². The maximum absolute atomic E-state index is 11.7. The quantitative estimate of drug-likeness (QED) is 0.788. The molecule has 0 fully saturated rings. The molecular weight excluding hydrogens is 328 g/mol. The molecule has 1 unspecified atom stereocenters. The summed E-state index contributed by atoms with van der Waals surface area (Å²) in [6, 6.07) is 6.99. The van der Waals surface area contributed by atoms with Crippen LogP contribution >= 0.6 is 22.9 Å². The highest BCUT2D eigenvalue weighted by Gasteiger charge is 2.18. The molecule has 2 heterocycles. The highest BCUT2D eigenvalue weighted by atomic mass is 35.5. The van der Waals surface area contributed by atoms with E-state index in [1.807, 2.05) is 6.07 Å². The molecule has 1 atom stereocenters. The summed E-state index contributed by atoms with van der Waals surface area (Å²) in [5.41, 5.74) is 0. The lowest BCUT2D eigenvalue weighted by molar-refractivity contribution is -0.139. The Hall–Kier alpha value is -1.83. The number of thiophene rings is 1. The number of furan rings is 1. The Morgan fingerprint density at radius 3 is 2.68 bits per heavy atom. The van der Waals surface area contributed by atoms with Crippen molar-refractivity contribution in [3.05, 3.63) is 45.5 Å². The second-order valence-electron chi connectivity index (χ2n) is 4.34. The van der Waals surface area contributed by atoms with E-state index in [9.17, 15) is 9.59 Å². The molecule has 0 saturated heterocycles. The minimum Gasteiger partial charge on any atom is -0.467 e. The number of methoxy groups -OCH3 is 1. The monoisotopic (exact) mass is 342 g/mol. The summed E-state index contributed by atoms with van der Waals surface area (Å²) < 4.78 is 11.0.